The summed E-state index contributed by atoms with van der Waals surface area (Å²) in [6.07, 6.45) is 6.87. The van der Waals surface area contributed by atoms with E-state index in [4.69, 9.17) is 6.42 Å². The number of pyridine rings is 1. The summed E-state index contributed by atoms with van der Waals surface area (Å²) >= 11 is 1.67. The normalized spacial score (nSPS) is 10.5. The van der Waals surface area contributed by atoms with Gasteiger partial charge in [0, 0.05) is 10.6 Å². The van der Waals surface area contributed by atoms with Crippen LogP contribution in [0.1, 0.15) is 20.9 Å². The number of nitrogens with zero attached hydrogens (tertiary/aromatic N) is 3. The predicted octanol–water partition coefficient (Wildman–Crippen LogP) is 2.21. The van der Waals surface area contributed by atoms with Gasteiger partial charge in [0.25, 0.3) is 5.91 Å². The van der Waals surface area contributed by atoms with Crippen molar-refractivity contribution >= 4 is 28.3 Å². The van der Waals surface area contributed by atoms with E-state index in [1.807, 2.05) is 23.1 Å². The van der Waals surface area contributed by atoms with Crippen molar-refractivity contribution in [2.75, 3.05) is 6.54 Å². The van der Waals surface area contributed by atoms with Gasteiger partial charge in [-0.1, -0.05) is 12.0 Å². The maximum Gasteiger partial charge on any atom is 0.252 e. The number of fused-ring (bicyclic) bond motifs is 1. The minimum Gasteiger partial charge on any atom is -0.341 e. The number of carbonyl (C=O) groups excluding carboxylic acids is 1. The van der Waals surface area contributed by atoms with Gasteiger partial charge in [-0.25, -0.2) is 9.67 Å². The van der Waals surface area contributed by atoms with Gasteiger partial charge in [-0.05, 0) is 24.4 Å². The highest BCUT2D eigenvalue weighted by atomic mass is 32.1. The van der Waals surface area contributed by atoms with Gasteiger partial charge in [0.05, 0.1) is 30.2 Å². The molecule has 0 atom stereocenters. The van der Waals surface area contributed by atoms with Crippen LogP contribution in [0, 0.1) is 19.3 Å². The first-order valence-electron chi connectivity index (χ1n) is 6.76. The third-order valence-corrected chi connectivity index (χ3v) is 4.08. The number of carbonyl (C=O) groups is 1. The molecule has 0 aliphatic rings. The second-order valence-corrected chi connectivity index (χ2v) is 5.85. The number of amides is 1. The highest BCUT2D eigenvalue weighted by Gasteiger charge is 2.15. The van der Waals surface area contributed by atoms with Crippen LogP contribution in [-0.2, 0) is 6.54 Å². The molecule has 3 aromatic rings. The van der Waals surface area contributed by atoms with Crippen molar-refractivity contribution in [1.82, 2.24) is 20.1 Å². The van der Waals surface area contributed by atoms with Gasteiger partial charge in [-0.15, -0.1) is 17.8 Å². The maximum atomic E-state index is 12.2. The maximum absolute atomic E-state index is 12.2. The van der Waals surface area contributed by atoms with Crippen LogP contribution in [-0.4, -0.2) is 27.2 Å². The minimum absolute atomic E-state index is 0.199. The fourth-order valence-corrected chi connectivity index (χ4v) is 2.94. The third kappa shape index (κ3) is 2.71. The molecule has 3 rings (SSSR count). The van der Waals surface area contributed by atoms with E-state index in [0.717, 1.165) is 11.1 Å². The van der Waals surface area contributed by atoms with Crippen LogP contribution >= 0.6 is 11.3 Å². The first-order chi connectivity index (χ1) is 10.7. The molecule has 0 fully saturated rings. The fourth-order valence-electron chi connectivity index (χ4n) is 2.25. The van der Waals surface area contributed by atoms with Crippen molar-refractivity contribution in [2.45, 2.75) is 13.5 Å². The molecule has 22 heavy (non-hydrogen) atoms. The molecular weight excluding hydrogens is 296 g/mol. The highest BCUT2D eigenvalue weighted by molar-refractivity contribution is 7.09. The monoisotopic (exact) mass is 310 g/mol. The molecule has 0 aromatic carbocycles. The average molecular weight is 310 g/mol. The largest absolute Gasteiger partial charge is 0.341 e. The van der Waals surface area contributed by atoms with E-state index >= 15 is 0 Å². The van der Waals surface area contributed by atoms with Crippen molar-refractivity contribution in [3.8, 4) is 12.3 Å². The van der Waals surface area contributed by atoms with Crippen LogP contribution < -0.4 is 5.32 Å². The van der Waals surface area contributed by atoms with E-state index in [9.17, 15) is 4.79 Å². The summed E-state index contributed by atoms with van der Waals surface area (Å²) < 4.78 is 1.81. The zero-order chi connectivity index (χ0) is 15.5. The summed E-state index contributed by atoms with van der Waals surface area (Å²) in [6.45, 7) is 2.70. The number of hydrogen-bond acceptors (Lipinski definition) is 4. The van der Waals surface area contributed by atoms with E-state index in [-0.39, 0.29) is 12.5 Å². The number of aryl methyl sites for hydroxylation is 1. The number of rotatable bonds is 4. The molecule has 0 spiro atoms. The Labute approximate surface area is 132 Å². The molecule has 0 bridgehead atoms. The summed E-state index contributed by atoms with van der Waals surface area (Å²) in [5.41, 5.74) is 2.03. The molecule has 1 N–H and O–H groups in total. The Morgan fingerprint density at radius 3 is 3.14 bits per heavy atom. The summed E-state index contributed by atoms with van der Waals surface area (Å²) in [6, 6.07) is 5.81. The van der Waals surface area contributed by atoms with Crippen molar-refractivity contribution in [2.24, 2.45) is 0 Å². The van der Waals surface area contributed by atoms with E-state index in [2.05, 4.69) is 27.4 Å². The topological polar surface area (TPSA) is 59.8 Å². The molecule has 0 radical (unpaired) electrons. The number of thiophene rings is 1. The average Bonchev–Trinajstić information content (AvgIpc) is 3.15. The van der Waals surface area contributed by atoms with Crippen LogP contribution in [0.4, 0.5) is 0 Å². The molecule has 110 valence electrons. The summed E-state index contributed by atoms with van der Waals surface area (Å²) in [5, 5.41) is 9.82. The Morgan fingerprint density at radius 1 is 1.55 bits per heavy atom. The van der Waals surface area contributed by atoms with Gasteiger partial charge in [-0.2, -0.15) is 5.10 Å². The molecule has 0 unspecified atom stereocenters. The SMILES string of the molecule is C#CCNC(=O)c1cc(C)nc2c1cnn2Cc1cccs1. The van der Waals surface area contributed by atoms with Gasteiger partial charge in [0.2, 0.25) is 0 Å². The van der Waals surface area contributed by atoms with Gasteiger partial charge in [-0.3, -0.25) is 4.79 Å². The van der Waals surface area contributed by atoms with E-state index in [1.165, 1.54) is 4.88 Å². The predicted molar refractivity (Wildman–Crippen MR) is 86.9 cm³/mol. The summed E-state index contributed by atoms with van der Waals surface area (Å²) in [5.74, 6) is 2.19. The molecule has 6 heteroatoms. The van der Waals surface area contributed by atoms with E-state index < -0.39 is 0 Å². The standard InChI is InChI=1S/C16H14N4OS/c1-3-6-17-16(21)13-8-11(2)19-15-14(13)9-18-20(15)10-12-5-4-7-22-12/h1,4-5,7-9H,6,10H2,2H3,(H,17,21). The van der Waals surface area contributed by atoms with Crippen LogP contribution in [0.25, 0.3) is 11.0 Å². The van der Waals surface area contributed by atoms with Crippen LogP contribution in [0.5, 0.6) is 0 Å². The Kier molecular flexibility index (Phi) is 3.90. The lowest BCUT2D eigenvalue weighted by Crippen LogP contribution is -2.24. The quantitative estimate of drug-likeness (QED) is 0.752. The smallest absolute Gasteiger partial charge is 0.252 e. The van der Waals surface area contributed by atoms with Crippen LogP contribution in [0.15, 0.2) is 29.8 Å². The Hall–Kier alpha value is -2.65. The molecule has 3 heterocycles. The zero-order valence-corrected chi connectivity index (χ0v) is 12.9. The Morgan fingerprint density at radius 2 is 2.41 bits per heavy atom. The molecule has 3 aromatic heterocycles. The van der Waals surface area contributed by atoms with Crippen molar-refractivity contribution in [1.29, 1.82) is 0 Å². The third-order valence-electron chi connectivity index (χ3n) is 3.22. The minimum atomic E-state index is -0.205. The lowest BCUT2D eigenvalue weighted by molar-refractivity contribution is 0.0960. The molecule has 1 amide bonds. The summed E-state index contributed by atoms with van der Waals surface area (Å²) in [4.78, 5) is 17.9. The van der Waals surface area contributed by atoms with Crippen molar-refractivity contribution < 1.29 is 4.79 Å². The number of nitrogens with one attached hydrogen (secondary N) is 1. The zero-order valence-electron chi connectivity index (χ0n) is 12.0. The first kappa shape index (κ1) is 14.3. The molecule has 0 aliphatic heterocycles. The van der Waals surface area contributed by atoms with Crippen LogP contribution in [0.3, 0.4) is 0 Å². The van der Waals surface area contributed by atoms with Crippen molar-refractivity contribution in [3.63, 3.8) is 0 Å². The number of hydrogen-bond donors (Lipinski definition) is 1. The lowest BCUT2D eigenvalue weighted by atomic mass is 10.1. The van der Waals surface area contributed by atoms with Gasteiger partial charge < -0.3 is 5.32 Å². The first-order valence-corrected chi connectivity index (χ1v) is 7.64. The number of terminal acetylenes is 1. The van der Waals surface area contributed by atoms with Gasteiger partial charge in [0.1, 0.15) is 0 Å². The second kappa shape index (κ2) is 6.00. The second-order valence-electron chi connectivity index (χ2n) is 4.82. The Balaban J connectivity index is 2.03. The summed E-state index contributed by atoms with van der Waals surface area (Å²) in [7, 11) is 0. The van der Waals surface area contributed by atoms with E-state index in [0.29, 0.717) is 17.8 Å². The Bertz CT molecular complexity index is 858. The molecular formula is C16H14N4OS. The van der Waals surface area contributed by atoms with Gasteiger partial charge in [0.15, 0.2) is 5.65 Å². The van der Waals surface area contributed by atoms with Gasteiger partial charge >= 0.3 is 0 Å². The number of aromatic nitrogens is 3. The molecule has 0 saturated heterocycles. The molecule has 5 nitrogen and oxygen atoms in total. The fraction of sp³-hybridized carbons (Fsp3) is 0.188. The highest BCUT2D eigenvalue weighted by Crippen LogP contribution is 2.20. The molecule has 0 saturated carbocycles. The lowest BCUT2D eigenvalue weighted by Gasteiger charge is -2.06. The molecule has 0 aliphatic carbocycles. The van der Waals surface area contributed by atoms with Crippen LogP contribution in [0.2, 0.25) is 0 Å². The van der Waals surface area contributed by atoms with E-state index in [1.54, 1.807) is 23.6 Å². The van der Waals surface area contributed by atoms with Crippen molar-refractivity contribution in [3.05, 3.63) is 45.9 Å².